The predicted molar refractivity (Wildman–Crippen MR) is 62.2 cm³/mol. The lowest BCUT2D eigenvalue weighted by molar-refractivity contribution is -0.200. The second kappa shape index (κ2) is 6.12. The first-order valence-corrected chi connectivity index (χ1v) is 5.70. The van der Waals surface area contributed by atoms with Crippen LogP contribution in [0.2, 0.25) is 0 Å². The van der Waals surface area contributed by atoms with E-state index < -0.39 is 23.8 Å². The average molecular weight is 269 g/mol. The SMILES string of the molecule is CC(=O)N(OC(=O)CCC1=C(C)C(=O)OC1)C(C)=O. The molecule has 0 aromatic heterocycles. The van der Waals surface area contributed by atoms with Gasteiger partial charge in [0.15, 0.2) is 0 Å². The Morgan fingerprint density at radius 3 is 2.26 bits per heavy atom. The molecule has 1 aliphatic rings. The number of carbonyl (C=O) groups excluding carboxylic acids is 4. The summed E-state index contributed by atoms with van der Waals surface area (Å²) in [4.78, 5) is 49.3. The summed E-state index contributed by atoms with van der Waals surface area (Å²) in [5, 5.41) is 0.403. The molecular weight excluding hydrogens is 254 g/mol. The predicted octanol–water partition coefficient (Wildman–Crippen LogP) is 0.493. The van der Waals surface area contributed by atoms with E-state index in [9.17, 15) is 19.2 Å². The van der Waals surface area contributed by atoms with E-state index >= 15 is 0 Å². The van der Waals surface area contributed by atoms with Gasteiger partial charge in [-0.1, -0.05) is 0 Å². The standard InChI is InChI=1S/C12H15NO6/c1-7-10(6-18-12(7)17)4-5-11(16)19-13(8(2)14)9(3)15/h4-6H2,1-3H3. The summed E-state index contributed by atoms with van der Waals surface area (Å²) in [6, 6.07) is 0. The fraction of sp³-hybridized carbons (Fsp3) is 0.500. The molecule has 0 fully saturated rings. The lowest BCUT2D eigenvalue weighted by Gasteiger charge is -2.15. The highest BCUT2D eigenvalue weighted by Crippen LogP contribution is 2.19. The van der Waals surface area contributed by atoms with Crippen molar-refractivity contribution in [2.75, 3.05) is 6.61 Å². The van der Waals surface area contributed by atoms with E-state index in [4.69, 9.17) is 4.74 Å². The molecule has 1 rings (SSSR count). The Morgan fingerprint density at radius 2 is 1.84 bits per heavy atom. The van der Waals surface area contributed by atoms with Gasteiger partial charge in [-0.2, -0.15) is 0 Å². The van der Waals surface area contributed by atoms with Crippen LogP contribution in [0.1, 0.15) is 33.6 Å². The zero-order valence-corrected chi connectivity index (χ0v) is 11.0. The topological polar surface area (TPSA) is 90.0 Å². The Kier molecular flexibility index (Phi) is 4.80. The van der Waals surface area contributed by atoms with Crippen LogP contribution in [0.25, 0.3) is 0 Å². The normalized spacial score (nSPS) is 14.2. The summed E-state index contributed by atoms with van der Waals surface area (Å²) in [7, 11) is 0. The summed E-state index contributed by atoms with van der Waals surface area (Å²) >= 11 is 0. The Bertz CT molecular complexity index is 451. The van der Waals surface area contributed by atoms with Gasteiger partial charge in [-0.25, -0.2) is 9.59 Å². The van der Waals surface area contributed by atoms with Crippen molar-refractivity contribution in [3.05, 3.63) is 11.1 Å². The number of esters is 1. The molecular formula is C12H15NO6. The Morgan fingerprint density at radius 1 is 1.26 bits per heavy atom. The molecule has 0 aliphatic carbocycles. The van der Waals surface area contributed by atoms with E-state index in [-0.39, 0.29) is 13.0 Å². The molecule has 104 valence electrons. The molecule has 1 heterocycles. The van der Waals surface area contributed by atoms with Crippen molar-refractivity contribution in [2.24, 2.45) is 0 Å². The second-order valence-corrected chi connectivity index (χ2v) is 4.10. The van der Waals surface area contributed by atoms with E-state index in [0.29, 0.717) is 17.1 Å². The third-order valence-corrected chi connectivity index (χ3v) is 2.61. The molecule has 19 heavy (non-hydrogen) atoms. The molecule has 0 bridgehead atoms. The molecule has 0 saturated heterocycles. The molecule has 0 spiro atoms. The summed E-state index contributed by atoms with van der Waals surface area (Å²) in [6.45, 7) is 4.02. The minimum absolute atomic E-state index is 0.0413. The third-order valence-electron chi connectivity index (χ3n) is 2.61. The molecule has 0 aromatic rings. The first-order valence-electron chi connectivity index (χ1n) is 5.70. The number of hydroxylamine groups is 2. The summed E-state index contributed by atoms with van der Waals surface area (Å²) in [5.41, 5.74) is 1.21. The second-order valence-electron chi connectivity index (χ2n) is 4.10. The van der Waals surface area contributed by atoms with Crippen molar-refractivity contribution >= 4 is 23.8 Å². The van der Waals surface area contributed by atoms with E-state index in [1.54, 1.807) is 6.92 Å². The van der Waals surface area contributed by atoms with Gasteiger partial charge in [0, 0.05) is 19.4 Å². The fourth-order valence-corrected chi connectivity index (χ4v) is 1.52. The summed E-state index contributed by atoms with van der Waals surface area (Å²) < 4.78 is 4.78. The number of ether oxygens (including phenoxy) is 1. The third kappa shape index (κ3) is 3.90. The number of hydrogen-bond donors (Lipinski definition) is 0. The molecule has 0 aromatic carbocycles. The van der Waals surface area contributed by atoms with Crippen molar-refractivity contribution in [1.82, 2.24) is 5.06 Å². The quantitative estimate of drug-likeness (QED) is 0.547. The van der Waals surface area contributed by atoms with Crippen LogP contribution in [0.4, 0.5) is 0 Å². The molecule has 7 heteroatoms. The van der Waals surface area contributed by atoms with E-state index in [0.717, 1.165) is 19.4 Å². The van der Waals surface area contributed by atoms with Gasteiger partial charge >= 0.3 is 11.9 Å². The zero-order valence-electron chi connectivity index (χ0n) is 11.0. The molecule has 0 N–H and O–H groups in total. The zero-order chi connectivity index (χ0) is 14.6. The number of carbonyl (C=O) groups is 4. The molecule has 0 atom stereocenters. The first kappa shape index (κ1) is 14.9. The van der Waals surface area contributed by atoms with E-state index in [2.05, 4.69) is 4.84 Å². The van der Waals surface area contributed by atoms with Gasteiger partial charge in [-0.15, -0.1) is 5.06 Å². The number of cyclic esters (lactones) is 1. The first-order chi connectivity index (χ1) is 8.82. The highest BCUT2D eigenvalue weighted by Gasteiger charge is 2.23. The van der Waals surface area contributed by atoms with Crippen molar-refractivity contribution in [1.29, 1.82) is 0 Å². The molecule has 0 saturated carbocycles. The summed E-state index contributed by atoms with van der Waals surface area (Å²) in [5.74, 6) is -2.45. The molecule has 1 aliphatic heterocycles. The lowest BCUT2D eigenvalue weighted by atomic mass is 10.1. The Labute approximate surface area is 110 Å². The number of nitrogens with zero attached hydrogens (tertiary/aromatic N) is 1. The maximum atomic E-state index is 11.5. The van der Waals surface area contributed by atoms with Crippen LogP contribution in [0, 0.1) is 0 Å². The van der Waals surface area contributed by atoms with Crippen LogP contribution in [0.5, 0.6) is 0 Å². The maximum absolute atomic E-state index is 11.5. The van der Waals surface area contributed by atoms with Gasteiger partial charge in [0.2, 0.25) is 0 Å². The van der Waals surface area contributed by atoms with Crippen LogP contribution in [-0.2, 0) is 28.8 Å². The van der Waals surface area contributed by atoms with Crippen LogP contribution in [0.3, 0.4) is 0 Å². The van der Waals surface area contributed by atoms with Crippen LogP contribution in [-0.4, -0.2) is 35.4 Å². The van der Waals surface area contributed by atoms with Gasteiger partial charge in [0.05, 0.1) is 6.42 Å². The molecule has 2 amide bonds. The van der Waals surface area contributed by atoms with Crippen LogP contribution < -0.4 is 0 Å². The van der Waals surface area contributed by atoms with Crippen molar-refractivity contribution in [2.45, 2.75) is 33.6 Å². The molecule has 7 nitrogen and oxygen atoms in total. The van der Waals surface area contributed by atoms with Crippen LogP contribution in [0.15, 0.2) is 11.1 Å². The lowest BCUT2D eigenvalue weighted by Crippen LogP contribution is -2.35. The number of imide groups is 1. The monoisotopic (exact) mass is 269 g/mol. The van der Waals surface area contributed by atoms with Crippen LogP contribution >= 0.6 is 0 Å². The highest BCUT2D eigenvalue weighted by molar-refractivity contribution is 5.93. The van der Waals surface area contributed by atoms with Gasteiger partial charge < -0.3 is 9.57 Å². The largest absolute Gasteiger partial charge is 0.458 e. The highest BCUT2D eigenvalue weighted by atomic mass is 16.7. The minimum atomic E-state index is -0.718. The Balaban J connectivity index is 2.50. The minimum Gasteiger partial charge on any atom is -0.458 e. The van der Waals surface area contributed by atoms with Crippen molar-refractivity contribution < 1.29 is 28.8 Å². The van der Waals surface area contributed by atoms with Gasteiger partial charge in [0.1, 0.15) is 6.61 Å². The number of rotatable bonds is 3. The molecule has 0 radical (unpaired) electrons. The van der Waals surface area contributed by atoms with E-state index in [1.807, 2.05) is 0 Å². The fourth-order valence-electron chi connectivity index (χ4n) is 1.52. The smallest absolute Gasteiger partial charge is 0.334 e. The average Bonchev–Trinajstić information content (AvgIpc) is 2.63. The number of amides is 2. The van der Waals surface area contributed by atoms with Gasteiger partial charge in [0.25, 0.3) is 11.8 Å². The van der Waals surface area contributed by atoms with Gasteiger partial charge in [-0.05, 0) is 18.9 Å². The van der Waals surface area contributed by atoms with Gasteiger partial charge in [-0.3, -0.25) is 9.59 Å². The number of hydrogen-bond acceptors (Lipinski definition) is 6. The maximum Gasteiger partial charge on any atom is 0.334 e. The Hall–Kier alpha value is -2.18. The molecule has 0 unspecified atom stereocenters. The van der Waals surface area contributed by atoms with Crippen molar-refractivity contribution in [3.8, 4) is 0 Å². The summed E-state index contributed by atoms with van der Waals surface area (Å²) in [6.07, 6.45) is 0.250. The van der Waals surface area contributed by atoms with Crippen molar-refractivity contribution in [3.63, 3.8) is 0 Å². The van der Waals surface area contributed by atoms with E-state index in [1.165, 1.54) is 0 Å².